The Labute approximate surface area is 102 Å². The predicted molar refractivity (Wildman–Crippen MR) is 65.4 cm³/mol. The Morgan fingerprint density at radius 1 is 1.59 bits per heavy atom. The fourth-order valence-corrected chi connectivity index (χ4v) is 1.69. The van der Waals surface area contributed by atoms with Gasteiger partial charge in [-0.25, -0.2) is 4.98 Å². The number of carbonyl (C=O) groups is 1. The van der Waals surface area contributed by atoms with Crippen molar-refractivity contribution in [1.29, 1.82) is 0 Å². The molecular weight excluding hydrogens is 216 g/mol. The first-order chi connectivity index (χ1) is 8.29. The lowest BCUT2D eigenvalue weighted by Gasteiger charge is -2.09. The summed E-state index contributed by atoms with van der Waals surface area (Å²) in [5, 5.41) is 6.29. The van der Waals surface area contributed by atoms with Crippen molar-refractivity contribution >= 4 is 5.91 Å². The van der Waals surface area contributed by atoms with Crippen LogP contribution >= 0.6 is 0 Å². The van der Waals surface area contributed by atoms with E-state index in [9.17, 15) is 4.79 Å². The van der Waals surface area contributed by atoms with Crippen LogP contribution in [0, 0.1) is 0 Å². The molecule has 1 aromatic heterocycles. The molecule has 2 N–H and O–H groups in total. The number of nitrogens with zero attached hydrogens (tertiary/aromatic N) is 2. The van der Waals surface area contributed by atoms with Crippen LogP contribution in [0.4, 0.5) is 0 Å². The molecule has 5 heteroatoms. The van der Waals surface area contributed by atoms with Crippen molar-refractivity contribution in [1.82, 2.24) is 20.2 Å². The van der Waals surface area contributed by atoms with E-state index in [0.717, 1.165) is 38.0 Å². The highest BCUT2D eigenvalue weighted by Gasteiger charge is 2.23. The van der Waals surface area contributed by atoms with Gasteiger partial charge in [0.05, 0.1) is 12.0 Å². The number of imidazole rings is 1. The summed E-state index contributed by atoms with van der Waals surface area (Å²) in [6, 6.07) is 0.424. The van der Waals surface area contributed by atoms with Crippen LogP contribution in [-0.2, 0) is 17.9 Å². The summed E-state index contributed by atoms with van der Waals surface area (Å²) < 4.78 is 1.90. The van der Waals surface area contributed by atoms with Gasteiger partial charge < -0.3 is 15.2 Å². The quantitative estimate of drug-likeness (QED) is 0.684. The summed E-state index contributed by atoms with van der Waals surface area (Å²) in [4.78, 5) is 15.8. The van der Waals surface area contributed by atoms with E-state index in [2.05, 4.69) is 22.5 Å². The van der Waals surface area contributed by atoms with Crippen molar-refractivity contribution in [2.24, 2.45) is 0 Å². The topological polar surface area (TPSA) is 59.0 Å². The van der Waals surface area contributed by atoms with E-state index in [0.29, 0.717) is 12.6 Å². The van der Waals surface area contributed by atoms with Crippen molar-refractivity contribution in [3.63, 3.8) is 0 Å². The molecule has 0 unspecified atom stereocenters. The van der Waals surface area contributed by atoms with Gasteiger partial charge in [-0.3, -0.25) is 4.79 Å². The summed E-state index contributed by atoms with van der Waals surface area (Å²) in [5.41, 5.74) is 1.06. The zero-order valence-electron chi connectivity index (χ0n) is 10.3. The third kappa shape index (κ3) is 3.85. The van der Waals surface area contributed by atoms with Gasteiger partial charge in [-0.2, -0.15) is 0 Å². The number of hydrogen-bond acceptors (Lipinski definition) is 3. The predicted octanol–water partition coefficient (Wildman–Crippen LogP) is 0.661. The van der Waals surface area contributed by atoms with Crippen LogP contribution in [-0.4, -0.2) is 28.0 Å². The largest absolute Gasteiger partial charge is 0.352 e. The van der Waals surface area contributed by atoms with E-state index in [1.54, 1.807) is 6.33 Å². The number of carbonyl (C=O) groups excluding carboxylic acids is 1. The first-order valence-electron chi connectivity index (χ1n) is 6.28. The van der Waals surface area contributed by atoms with Gasteiger partial charge >= 0.3 is 0 Å². The van der Waals surface area contributed by atoms with Gasteiger partial charge in [0.1, 0.15) is 6.54 Å². The average molecular weight is 236 g/mol. The van der Waals surface area contributed by atoms with Gasteiger partial charge in [-0.05, 0) is 25.8 Å². The maximum absolute atomic E-state index is 11.7. The number of amides is 1. The molecule has 0 atom stereocenters. The molecular formula is C12H20N4O. The molecule has 0 radical (unpaired) electrons. The van der Waals surface area contributed by atoms with Crippen LogP contribution in [0.3, 0.4) is 0 Å². The fraction of sp³-hybridized carbons (Fsp3) is 0.667. The minimum atomic E-state index is 0.0854. The molecule has 0 spiro atoms. The van der Waals surface area contributed by atoms with Crippen LogP contribution in [0.1, 0.15) is 31.9 Å². The summed E-state index contributed by atoms with van der Waals surface area (Å²) >= 11 is 0. The lowest BCUT2D eigenvalue weighted by molar-refractivity contribution is -0.121. The molecule has 17 heavy (non-hydrogen) atoms. The van der Waals surface area contributed by atoms with Gasteiger partial charge in [0.25, 0.3) is 0 Å². The van der Waals surface area contributed by atoms with Gasteiger partial charge in [0.15, 0.2) is 0 Å². The van der Waals surface area contributed by atoms with Crippen LogP contribution in [0.25, 0.3) is 0 Å². The molecule has 0 saturated heterocycles. The Morgan fingerprint density at radius 3 is 3.12 bits per heavy atom. The lowest BCUT2D eigenvalue weighted by atomic mass is 10.4. The maximum atomic E-state index is 11.7. The van der Waals surface area contributed by atoms with Gasteiger partial charge in [-0.15, -0.1) is 0 Å². The highest BCUT2D eigenvalue weighted by atomic mass is 16.2. The normalized spacial score (nSPS) is 14.9. The number of rotatable bonds is 7. The van der Waals surface area contributed by atoms with E-state index in [4.69, 9.17) is 0 Å². The molecule has 2 rings (SSSR count). The molecule has 0 aromatic carbocycles. The summed E-state index contributed by atoms with van der Waals surface area (Å²) in [6.45, 7) is 4.26. The first kappa shape index (κ1) is 12.1. The van der Waals surface area contributed by atoms with Crippen molar-refractivity contribution < 1.29 is 4.79 Å². The molecule has 1 saturated carbocycles. The van der Waals surface area contributed by atoms with E-state index < -0.39 is 0 Å². The van der Waals surface area contributed by atoms with Crippen molar-refractivity contribution in [3.05, 3.63) is 18.2 Å². The average Bonchev–Trinajstić information content (AvgIpc) is 3.00. The molecule has 1 heterocycles. The summed E-state index contributed by atoms with van der Waals surface area (Å²) in [5.74, 6) is 0.0854. The third-order valence-electron chi connectivity index (χ3n) is 2.79. The molecule has 5 nitrogen and oxygen atoms in total. The highest BCUT2D eigenvalue weighted by molar-refractivity contribution is 5.76. The van der Waals surface area contributed by atoms with Gasteiger partial charge in [-0.1, -0.05) is 6.92 Å². The fourth-order valence-electron chi connectivity index (χ4n) is 1.69. The zero-order chi connectivity index (χ0) is 12.1. The Balaban J connectivity index is 1.82. The Morgan fingerprint density at radius 2 is 2.41 bits per heavy atom. The van der Waals surface area contributed by atoms with Crippen molar-refractivity contribution in [2.75, 3.05) is 6.54 Å². The summed E-state index contributed by atoms with van der Waals surface area (Å²) in [6.07, 6.45) is 6.89. The van der Waals surface area contributed by atoms with Crippen LogP contribution in [0.15, 0.2) is 12.5 Å². The zero-order valence-corrected chi connectivity index (χ0v) is 10.3. The molecule has 1 fully saturated rings. The summed E-state index contributed by atoms with van der Waals surface area (Å²) in [7, 11) is 0. The van der Waals surface area contributed by atoms with E-state index in [-0.39, 0.29) is 5.91 Å². The van der Waals surface area contributed by atoms with E-state index >= 15 is 0 Å². The second-order valence-corrected chi connectivity index (χ2v) is 4.53. The lowest BCUT2D eigenvalue weighted by Crippen LogP contribution is -2.30. The second-order valence-electron chi connectivity index (χ2n) is 4.53. The van der Waals surface area contributed by atoms with E-state index in [1.807, 2.05) is 10.8 Å². The minimum Gasteiger partial charge on any atom is -0.352 e. The minimum absolute atomic E-state index is 0.0854. The monoisotopic (exact) mass is 236 g/mol. The Kier molecular flexibility index (Phi) is 4.14. The standard InChI is InChI=1S/C12H20N4O/c1-2-5-13-6-11-7-14-9-16(11)8-12(17)15-10-3-4-10/h7,9-10,13H,2-6,8H2,1H3,(H,15,17). The second kappa shape index (κ2) is 5.82. The Hall–Kier alpha value is -1.36. The number of nitrogens with one attached hydrogen (secondary N) is 2. The first-order valence-corrected chi connectivity index (χ1v) is 6.28. The molecule has 1 aromatic rings. The van der Waals surface area contributed by atoms with Gasteiger partial charge in [0.2, 0.25) is 5.91 Å². The molecule has 1 aliphatic rings. The molecule has 1 aliphatic carbocycles. The molecule has 0 bridgehead atoms. The maximum Gasteiger partial charge on any atom is 0.240 e. The Bertz CT molecular complexity index is 370. The van der Waals surface area contributed by atoms with Crippen LogP contribution < -0.4 is 10.6 Å². The third-order valence-corrected chi connectivity index (χ3v) is 2.79. The number of hydrogen-bond donors (Lipinski definition) is 2. The van der Waals surface area contributed by atoms with Gasteiger partial charge in [0, 0.05) is 18.8 Å². The van der Waals surface area contributed by atoms with Crippen molar-refractivity contribution in [2.45, 2.75) is 45.3 Å². The van der Waals surface area contributed by atoms with Crippen molar-refractivity contribution in [3.8, 4) is 0 Å². The smallest absolute Gasteiger partial charge is 0.240 e. The molecule has 94 valence electrons. The van der Waals surface area contributed by atoms with Crippen LogP contribution in [0.5, 0.6) is 0 Å². The SMILES string of the molecule is CCCNCc1cncn1CC(=O)NC1CC1. The number of aromatic nitrogens is 2. The van der Waals surface area contributed by atoms with E-state index in [1.165, 1.54) is 0 Å². The molecule has 1 amide bonds. The highest BCUT2D eigenvalue weighted by Crippen LogP contribution is 2.18. The molecule has 0 aliphatic heterocycles. The van der Waals surface area contributed by atoms with Crippen LogP contribution in [0.2, 0.25) is 0 Å².